The van der Waals surface area contributed by atoms with Crippen LogP contribution >= 0.6 is 0 Å². The predicted octanol–water partition coefficient (Wildman–Crippen LogP) is 5.22. The highest BCUT2D eigenvalue weighted by Gasteiger charge is 2.25. The van der Waals surface area contributed by atoms with Crippen LogP contribution in [0.4, 0.5) is 0 Å². The zero-order chi connectivity index (χ0) is 23.6. The van der Waals surface area contributed by atoms with E-state index in [1.165, 1.54) is 30.0 Å². The number of carbonyl (C=O) groups is 1. The monoisotopic (exact) mass is 446 g/mol. The fourth-order valence-corrected chi connectivity index (χ4v) is 4.53. The van der Waals surface area contributed by atoms with Crippen molar-refractivity contribution >= 4 is 16.9 Å². The van der Waals surface area contributed by atoms with Gasteiger partial charge in [-0.2, -0.15) is 0 Å². The molecule has 0 saturated carbocycles. The maximum atomic E-state index is 12.9. The van der Waals surface area contributed by atoms with E-state index < -0.39 is 0 Å². The van der Waals surface area contributed by atoms with Gasteiger partial charge in [0.25, 0.3) is 5.91 Å². The Morgan fingerprint density at radius 2 is 1.76 bits per heavy atom. The Kier molecular flexibility index (Phi) is 6.71. The van der Waals surface area contributed by atoms with E-state index >= 15 is 0 Å². The van der Waals surface area contributed by atoms with E-state index in [9.17, 15) is 9.59 Å². The second-order valence-electron chi connectivity index (χ2n) is 10.00. The predicted molar refractivity (Wildman–Crippen MR) is 133 cm³/mol. The molecule has 2 heterocycles. The summed E-state index contributed by atoms with van der Waals surface area (Å²) in [4.78, 5) is 28.0. The first-order chi connectivity index (χ1) is 15.8. The molecule has 1 aliphatic heterocycles. The molecule has 5 heteroatoms. The third-order valence-electron chi connectivity index (χ3n) is 6.62. The number of nitrogens with one attached hydrogen (secondary N) is 1. The van der Waals surface area contributed by atoms with Gasteiger partial charge in [0.1, 0.15) is 5.58 Å². The summed E-state index contributed by atoms with van der Waals surface area (Å²) in [6, 6.07) is 15.7. The van der Waals surface area contributed by atoms with E-state index in [2.05, 4.69) is 55.3 Å². The number of likely N-dealkylation sites (tertiary alicyclic amines) is 1. The summed E-state index contributed by atoms with van der Waals surface area (Å²) in [6.45, 7) is 11.2. The summed E-state index contributed by atoms with van der Waals surface area (Å²) in [7, 11) is 0. The number of hydrogen-bond donors (Lipinski definition) is 1. The van der Waals surface area contributed by atoms with Gasteiger partial charge in [-0.05, 0) is 66.6 Å². The number of aryl methyl sites for hydroxylation is 1. The molecule has 0 unspecified atom stereocenters. The third-order valence-corrected chi connectivity index (χ3v) is 6.62. The number of carbonyl (C=O) groups excluding carboxylic acids is 1. The highest BCUT2D eigenvalue weighted by Crippen LogP contribution is 2.28. The van der Waals surface area contributed by atoms with Crippen molar-refractivity contribution < 1.29 is 9.21 Å². The quantitative estimate of drug-likeness (QED) is 0.564. The van der Waals surface area contributed by atoms with Gasteiger partial charge in [0.15, 0.2) is 11.2 Å². The SMILES string of the molecule is CCc1ccc2oc(C(=O)NC[C@@H](c3ccc(C(C)(C)C)cc3)N3CCCC3)cc(=O)c2c1. The Hall–Kier alpha value is -2.92. The minimum absolute atomic E-state index is 0.0556. The van der Waals surface area contributed by atoms with Crippen molar-refractivity contribution in [1.29, 1.82) is 0 Å². The lowest BCUT2D eigenvalue weighted by atomic mass is 9.86. The molecule has 4 rings (SSSR count). The summed E-state index contributed by atoms with van der Waals surface area (Å²) >= 11 is 0. The number of benzene rings is 2. The molecule has 0 radical (unpaired) electrons. The van der Waals surface area contributed by atoms with Gasteiger partial charge in [0.2, 0.25) is 0 Å². The smallest absolute Gasteiger partial charge is 0.287 e. The van der Waals surface area contributed by atoms with Crippen LogP contribution in [0.5, 0.6) is 0 Å². The fraction of sp³-hybridized carbons (Fsp3) is 0.429. The molecule has 1 amide bonds. The number of amides is 1. The Bertz CT molecular complexity index is 1180. The first-order valence-electron chi connectivity index (χ1n) is 12.0. The first-order valence-corrected chi connectivity index (χ1v) is 12.0. The van der Waals surface area contributed by atoms with Gasteiger partial charge >= 0.3 is 0 Å². The lowest BCUT2D eigenvalue weighted by Gasteiger charge is -2.29. The molecule has 1 N–H and O–H groups in total. The third kappa shape index (κ3) is 5.19. The van der Waals surface area contributed by atoms with Crippen molar-refractivity contribution in [2.24, 2.45) is 0 Å². The van der Waals surface area contributed by atoms with Crippen LogP contribution < -0.4 is 10.7 Å². The van der Waals surface area contributed by atoms with Crippen molar-refractivity contribution in [3.63, 3.8) is 0 Å². The Morgan fingerprint density at radius 3 is 2.39 bits per heavy atom. The molecular weight excluding hydrogens is 412 g/mol. The van der Waals surface area contributed by atoms with Crippen molar-refractivity contribution in [2.45, 2.75) is 58.4 Å². The molecule has 0 aliphatic carbocycles. The fourth-order valence-electron chi connectivity index (χ4n) is 4.53. The molecule has 33 heavy (non-hydrogen) atoms. The van der Waals surface area contributed by atoms with Crippen LogP contribution in [0.25, 0.3) is 11.0 Å². The van der Waals surface area contributed by atoms with Gasteiger partial charge in [-0.25, -0.2) is 0 Å². The Balaban J connectivity index is 1.54. The summed E-state index contributed by atoms with van der Waals surface area (Å²) < 4.78 is 5.79. The van der Waals surface area contributed by atoms with Crippen LogP contribution in [0.15, 0.2) is 57.7 Å². The summed E-state index contributed by atoms with van der Waals surface area (Å²) in [5.74, 6) is -0.302. The molecule has 0 spiro atoms. The van der Waals surface area contributed by atoms with Crippen molar-refractivity contribution in [2.75, 3.05) is 19.6 Å². The molecular formula is C28H34N2O3. The van der Waals surface area contributed by atoms with Gasteiger partial charge < -0.3 is 9.73 Å². The number of rotatable bonds is 6. The van der Waals surface area contributed by atoms with Crippen LogP contribution in [-0.4, -0.2) is 30.4 Å². The molecule has 3 aromatic rings. The molecule has 0 bridgehead atoms. The Morgan fingerprint density at radius 1 is 1.06 bits per heavy atom. The maximum Gasteiger partial charge on any atom is 0.287 e. The molecule has 1 saturated heterocycles. The van der Waals surface area contributed by atoms with Gasteiger partial charge in [0.05, 0.1) is 11.4 Å². The van der Waals surface area contributed by atoms with Crippen molar-refractivity contribution in [1.82, 2.24) is 10.2 Å². The standard InChI is InChI=1S/C28H34N2O3/c1-5-19-8-13-25-22(16-19)24(31)17-26(33-25)27(32)29-18-23(30-14-6-7-15-30)20-9-11-21(12-10-20)28(2,3)4/h8-13,16-17,23H,5-7,14-15,18H2,1-4H3,(H,29,32)/t23-/m0/s1. The van der Waals surface area contributed by atoms with Crippen LogP contribution in [0.1, 0.15) is 73.8 Å². The molecule has 174 valence electrons. The second kappa shape index (κ2) is 9.52. The molecule has 1 fully saturated rings. The van der Waals surface area contributed by atoms with E-state index in [0.29, 0.717) is 17.5 Å². The van der Waals surface area contributed by atoms with E-state index in [0.717, 1.165) is 25.1 Å². The zero-order valence-corrected chi connectivity index (χ0v) is 20.1. The maximum absolute atomic E-state index is 12.9. The van der Waals surface area contributed by atoms with Gasteiger partial charge in [0, 0.05) is 12.6 Å². The summed E-state index contributed by atoms with van der Waals surface area (Å²) in [5.41, 5.74) is 3.90. The van der Waals surface area contributed by atoms with Crippen LogP contribution in [0.2, 0.25) is 0 Å². The summed E-state index contributed by atoms with van der Waals surface area (Å²) in [6.07, 6.45) is 3.18. The first kappa shape index (κ1) is 23.2. The van der Waals surface area contributed by atoms with Gasteiger partial charge in [-0.3, -0.25) is 14.5 Å². The van der Waals surface area contributed by atoms with Gasteiger partial charge in [-0.1, -0.05) is 58.0 Å². The van der Waals surface area contributed by atoms with Crippen LogP contribution in [-0.2, 0) is 11.8 Å². The molecule has 2 aromatic carbocycles. The second-order valence-corrected chi connectivity index (χ2v) is 10.00. The van der Waals surface area contributed by atoms with E-state index in [4.69, 9.17) is 4.42 Å². The van der Waals surface area contributed by atoms with Crippen molar-refractivity contribution in [3.8, 4) is 0 Å². The van der Waals surface area contributed by atoms with E-state index in [1.807, 2.05) is 19.1 Å². The van der Waals surface area contributed by atoms with E-state index in [-0.39, 0.29) is 28.6 Å². The molecule has 1 atom stereocenters. The summed E-state index contributed by atoms with van der Waals surface area (Å²) in [5, 5.41) is 3.53. The largest absolute Gasteiger partial charge is 0.451 e. The molecule has 1 aliphatic rings. The number of hydrogen-bond acceptors (Lipinski definition) is 4. The number of nitrogens with zero attached hydrogens (tertiary/aromatic N) is 1. The van der Waals surface area contributed by atoms with E-state index in [1.54, 1.807) is 6.07 Å². The lowest BCUT2D eigenvalue weighted by Crippen LogP contribution is -2.37. The van der Waals surface area contributed by atoms with Gasteiger partial charge in [-0.15, -0.1) is 0 Å². The molecule has 5 nitrogen and oxygen atoms in total. The average Bonchev–Trinajstić information content (AvgIpc) is 3.33. The highest BCUT2D eigenvalue weighted by atomic mass is 16.3. The average molecular weight is 447 g/mol. The minimum atomic E-state index is -0.357. The molecule has 1 aromatic heterocycles. The van der Waals surface area contributed by atoms with Crippen LogP contribution in [0, 0.1) is 0 Å². The van der Waals surface area contributed by atoms with Crippen LogP contribution in [0.3, 0.4) is 0 Å². The number of fused-ring (bicyclic) bond motifs is 1. The highest BCUT2D eigenvalue weighted by molar-refractivity contribution is 5.93. The Labute approximate surface area is 195 Å². The normalized spacial score (nSPS) is 15.6. The topological polar surface area (TPSA) is 62.6 Å². The van der Waals surface area contributed by atoms with Crippen molar-refractivity contribution in [3.05, 3.63) is 81.2 Å². The zero-order valence-electron chi connectivity index (χ0n) is 20.1. The lowest BCUT2D eigenvalue weighted by molar-refractivity contribution is 0.0910. The minimum Gasteiger partial charge on any atom is -0.451 e.